The predicted octanol–water partition coefficient (Wildman–Crippen LogP) is 2.21. The van der Waals surface area contributed by atoms with Gasteiger partial charge >= 0.3 is 0 Å². The Balaban J connectivity index is 1.70. The van der Waals surface area contributed by atoms with Crippen molar-refractivity contribution < 1.29 is 14.4 Å². The minimum absolute atomic E-state index is 0.0560. The lowest BCUT2D eigenvalue weighted by molar-refractivity contribution is -0.129. The van der Waals surface area contributed by atoms with E-state index < -0.39 is 0 Å². The average Bonchev–Trinajstić information content (AvgIpc) is 2.68. The van der Waals surface area contributed by atoms with E-state index in [1.165, 1.54) is 13.1 Å². The number of ketones is 1. The van der Waals surface area contributed by atoms with Gasteiger partial charge in [0.05, 0.1) is 17.4 Å². The van der Waals surface area contributed by atoms with E-state index in [4.69, 9.17) is 0 Å². The largest absolute Gasteiger partial charge is 0.367 e. The molecule has 1 aliphatic heterocycles. The van der Waals surface area contributed by atoms with Gasteiger partial charge in [-0.3, -0.25) is 19.4 Å². The van der Waals surface area contributed by atoms with Gasteiger partial charge in [0.15, 0.2) is 5.78 Å². The molecule has 2 aromatic rings. The zero-order chi connectivity index (χ0) is 19.4. The van der Waals surface area contributed by atoms with Crippen LogP contribution in [0.5, 0.6) is 0 Å². The first-order valence-corrected chi connectivity index (χ1v) is 8.82. The lowest BCUT2D eigenvalue weighted by Gasteiger charge is -2.35. The van der Waals surface area contributed by atoms with Crippen molar-refractivity contribution in [1.29, 1.82) is 0 Å². The third-order valence-corrected chi connectivity index (χ3v) is 4.60. The van der Waals surface area contributed by atoms with Crippen LogP contribution in [-0.2, 0) is 4.79 Å². The summed E-state index contributed by atoms with van der Waals surface area (Å²) in [5.74, 6) is -0.263. The molecule has 1 aromatic heterocycles. The molecule has 1 saturated heterocycles. The zero-order valence-electron chi connectivity index (χ0n) is 15.4. The molecule has 1 N–H and O–H groups in total. The summed E-state index contributed by atoms with van der Waals surface area (Å²) in [7, 11) is 0. The lowest BCUT2D eigenvalue weighted by atomic mass is 10.1. The third-order valence-electron chi connectivity index (χ3n) is 4.60. The van der Waals surface area contributed by atoms with Gasteiger partial charge in [0, 0.05) is 50.6 Å². The molecule has 0 spiro atoms. The molecule has 7 heteroatoms. The summed E-state index contributed by atoms with van der Waals surface area (Å²) >= 11 is 0. The molecule has 0 atom stereocenters. The Morgan fingerprint density at radius 2 is 1.70 bits per heavy atom. The monoisotopic (exact) mass is 366 g/mol. The molecule has 7 nitrogen and oxygen atoms in total. The number of pyridine rings is 1. The number of carbonyl (C=O) groups is 3. The number of hydrogen-bond donors (Lipinski definition) is 1. The van der Waals surface area contributed by atoms with Gasteiger partial charge in [0.1, 0.15) is 0 Å². The highest BCUT2D eigenvalue weighted by Crippen LogP contribution is 2.18. The maximum absolute atomic E-state index is 12.6. The summed E-state index contributed by atoms with van der Waals surface area (Å²) in [5, 5.41) is 2.80. The smallest absolute Gasteiger partial charge is 0.257 e. The molecule has 0 aliphatic carbocycles. The van der Waals surface area contributed by atoms with Crippen molar-refractivity contribution in [3.8, 4) is 0 Å². The predicted molar refractivity (Wildman–Crippen MR) is 103 cm³/mol. The molecule has 2 amide bonds. The number of amides is 2. The van der Waals surface area contributed by atoms with E-state index in [1.54, 1.807) is 43.5 Å². The van der Waals surface area contributed by atoms with Crippen LogP contribution < -0.4 is 10.2 Å². The standard InChI is InChI=1S/C20H22N4O3/c1-14(25)16-4-3-5-18(10-16)22-20(27)17-11-19(13-21-12-17)24-8-6-23(7-9-24)15(2)26/h3-5,10-13H,6-9H2,1-2H3,(H,22,27). The highest BCUT2D eigenvalue weighted by Gasteiger charge is 2.20. The number of carbonyl (C=O) groups excluding carboxylic acids is 3. The Bertz CT molecular complexity index is 873. The van der Waals surface area contributed by atoms with Crippen LogP contribution in [0.3, 0.4) is 0 Å². The highest BCUT2D eigenvalue weighted by atomic mass is 16.2. The second-order valence-electron chi connectivity index (χ2n) is 6.52. The van der Waals surface area contributed by atoms with Gasteiger partial charge in [-0.2, -0.15) is 0 Å². The molecule has 3 rings (SSSR count). The Kier molecular flexibility index (Phi) is 5.49. The second kappa shape index (κ2) is 7.99. The number of nitrogens with zero attached hydrogens (tertiary/aromatic N) is 3. The molecule has 1 aliphatic rings. The van der Waals surface area contributed by atoms with E-state index in [1.807, 2.05) is 4.90 Å². The molecule has 0 bridgehead atoms. The fraction of sp³-hybridized carbons (Fsp3) is 0.300. The molecular weight excluding hydrogens is 344 g/mol. The fourth-order valence-corrected chi connectivity index (χ4v) is 3.02. The van der Waals surface area contributed by atoms with Crippen molar-refractivity contribution >= 4 is 29.0 Å². The van der Waals surface area contributed by atoms with Crippen molar-refractivity contribution in [1.82, 2.24) is 9.88 Å². The van der Waals surface area contributed by atoms with Crippen molar-refractivity contribution in [2.45, 2.75) is 13.8 Å². The van der Waals surface area contributed by atoms with Gasteiger partial charge in [-0.15, -0.1) is 0 Å². The highest BCUT2D eigenvalue weighted by molar-refractivity contribution is 6.05. The Labute approximate surface area is 158 Å². The Morgan fingerprint density at radius 3 is 2.37 bits per heavy atom. The van der Waals surface area contributed by atoms with Crippen LogP contribution in [0, 0.1) is 0 Å². The first-order valence-electron chi connectivity index (χ1n) is 8.82. The summed E-state index contributed by atoms with van der Waals surface area (Å²) in [6.07, 6.45) is 3.23. The average molecular weight is 366 g/mol. The van der Waals surface area contributed by atoms with Crippen molar-refractivity contribution in [3.05, 3.63) is 53.9 Å². The van der Waals surface area contributed by atoms with Crippen molar-refractivity contribution in [2.24, 2.45) is 0 Å². The van der Waals surface area contributed by atoms with Crippen molar-refractivity contribution in [3.63, 3.8) is 0 Å². The number of benzene rings is 1. The number of piperazine rings is 1. The molecular formula is C20H22N4O3. The minimum Gasteiger partial charge on any atom is -0.367 e. The zero-order valence-corrected chi connectivity index (χ0v) is 15.4. The quantitative estimate of drug-likeness (QED) is 0.839. The number of anilines is 2. The number of aromatic nitrogens is 1. The van der Waals surface area contributed by atoms with Crippen LogP contribution in [0.4, 0.5) is 11.4 Å². The van der Waals surface area contributed by atoms with E-state index in [0.29, 0.717) is 43.0 Å². The Morgan fingerprint density at radius 1 is 0.963 bits per heavy atom. The van der Waals surface area contributed by atoms with Gasteiger partial charge in [-0.05, 0) is 25.1 Å². The normalized spacial score (nSPS) is 14.0. The number of hydrogen-bond acceptors (Lipinski definition) is 5. The first kappa shape index (κ1) is 18.6. The lowest BCUT2D eigenvalue weighted by Crippen LogP contribution is -2.48. The molecule has 0 radical (unpaired) electrons. The molecule has 0 unspecified atom stereocenters. The first-order chi connectivity index (χ1) is 12.9. The van der Waals surface area contributed by atoms with Gasteiger partial charge in [0.2, 0.25) is 5.91 Å². The van der Waals surface area contributed by atoms with Crippen LogP contribution in [0.1, 0.15) is 34.6 Å². The number of nitrogens with one attached hydrogen (secondary N) is 1. The van der Waals surface area contributed by atoms with E-state index in [9.17, 15) is 14.4 Å². The molecule has 140 valence electrons. The molecule has 27 heavy (non-hydrogen) atoms. The molecule has 2 heterocycles. The van der Waals surface area contributed by atoms with E-state index >= 15 is 0 Å². The fourth-order valence-electron chi connectivity index (χ4n) is 3.02. The summed E-state index contributed by atoms with van der Waals surface area (Å²) in [6, 6.07) is 8.62. The summed E-state index contributed by atoms with van der Waals surface area (Å²) < 4.78 is 0. The van der Waals surface area contributed by atoms with Gasteiger partial charge in [-0.25, -0.2) is 0 Å². The van der Waals surface area contributed by atoms with Crippen LogP contribution in [-0.4, -0.2) is 53.7 Å². The van der Waals surface area contributed by atoms with E-state index in [-0.39, 0.29) is 17.6 Å². The number of rotatable bonds is 4. The van der Waals surface area contributed by atoms with E-state index in [0.717, 1.165) is 5.69 Å². The maximum Gasteiger partial charge on any atom is 0.257 e. The SMILES string of the molecule is CC(=O)c1cccc(NC(=O)c2cncc(N3CCN(C(C)=O)CC3)c2)c1. The molecule has 0 saturated carbocycles. The van der Waals surface area contributed by atoms with Gasteiger partial charge < -0.3 is 15.1 Å². The molecule has 1 aromatic carbocycles. The number of Topliss-reactive ketones (excluding diaryl/α,β-unsaturated/α-hetero) is 1. The Hall–Kier alpha value is -3.22. The summed E-state index contributed by atoms with van der Waals surface area (Å²) in [5.41, 5.74) is 2.40. The van der Waals surface area contributed by atoms with Crippen LogP contribution in [0.25, 0.3) is 0 Å². The maximum atomic E-state index is 12.6. The topological polar surface area (TPSA) is 82.6 Å². The van der Waals surface area contributed by atoms with Gasteiger partial charge in [0.25, 0.3) is 5.91 Å². The van der Waals surface area contributed by atoms with Crippen molar-refractivity contribution in [2.75, 3.05) is 36.4 Å². The summed E-state index contributed by atoms with van der Waals surface area (Å²) in [4.78, 5) is 43.6. The van der Waals surface area contributed by atoms with E-state index in [2.05, 4.69) is 15.2 Å². The second-order valence-corrected chi connectivity index (χ2v) is 6.52. The third kappa shape index (κ3) is 4.49. The minimum atomic E-state index is -0.285. The molecule has 1 fully saturated rings. The summed E-state index contributed by atoms with van der Waals surface area (Å²) in [6.45, 7) is 5.77. The van der Waals surface area contributed by atoms with Crippen LogP contribution in [0.15, 0.2) is 42.7 Å². The van der Waals surface area contributed by atoms with Crippen LogP contribution in [0.2, 0.25) is 0 Å². The van der Waals surface area contributed by atoms with Crippen LogP contribution >= 0.6 is 0 Å². The van der Waals surface area contributed by atoms with Gasteiger partial charge in [-0.1, -0.05) is 12.1 Å².